The second-order valence-corrected chi connectivity index (χ2v) is 8.10. The average molecular weight is 470 g/mol. The van der Waals surface area contributed by atoms with E-state index in [1.54, 1.807) is 12.1 Å². The molecule has 0 aliphatic rings. The number of fused-ring (bicyclic) bond motifs is 1. The van der Waals surface area contributed by atoms with E-state index < -0.39 is 23.4 Å². The summed E-state index contributed by atoms with van der Waals surface area (Å²) in [6.45, 7) is 1.56. The molecule has 0 saturated carbocycles. The van der Waals surface area contributed by atoms with Crippen molar-refractivity contribution >= 4 is 34.7 Å². The van der Waals surface area contributed by atoms with E-state index in [0.29, 0.717) is 10.4 Å². The number of Topliss-reactive ketones (excluding diaryl/α,β-unsaturated/α-hetero) is 1. The van der Waals surface area contributed by atoms with Crippen LogP contribution in [-0.4, -0.2) is 37.2 Å². The molecule has 0 fully saturated rings. The van der Waals surface area contributed by atoms with Gasteiger partial charge in [-0.1, -0.05) is 6.07 Å². The molecule has 0 radical (unpaired) electrons. The van der Waals surface area contributed by atoms with Gasteiger partial charge in [0.15, 0.2) is 17.4 Å². The molecule has 12 heteroatoms. The van der Waals surface area contributed by atoms with Gasteiger partial charge in [0.25, 0.3) is 17.6 Å². The SMILES string of the molecule is CC(=O)c1ccc(CNC(=O)c2cc(C(=O)NCc3ccc(F)c(F)c3)nc3ncnn23)s1. The first kappa shape index (κ1) is 22.1. The first-order valence-corrected chi connectivity index (χ1v) is 10.4. The molecule has 0 spiro atoms. The monoisotopic (exact) mass is 470 g/mol. The van der Waals surface area contributed by atoms with Gasteiger partial charge >= 0.3 is 0 Å². The van der Waals surface area contributed by atoms with Gasteiger partial charge in [-0.3, -0.25) is 14.4 Å². The van der Waals surface area contributed by atoms with E-state index in [0.717, 1.165) is 17.0 Å². The van der Waals surface area contributed by atoms with Crippen LogP contribution in [0.5, 0.6) is 0 Å². The average Bonchev–Trinajstić information content (AvgIpc) is 3.47. The van der Waals surface area contributed by atoms with Crippen molar-refractivity contribution in [3.05, 3.63) is 81.1 Å². The number of thiophene rings is 1. The molecular formula is C21H16F2N6O3S. The normalized spacial score (nSPS) is 10.9. The standard InChI is InChI=1S/C21H16F2N6O3S/c1-11(30)18-5-3-13(33-18)9-25-20(32)17-7-16(28-21-26-10-27-29(17)21)19(31)24-8-12-2-4-14(22)15(23)6-12/h2-7,10H,8-9H2,1H3,(H,24,31)(H,25,32). The van der Waals surface area contributed by atoms with Crippen LogP contribution >= 0.6 is 11.3 Å². The fourth-order valence-electron chi connectivity index (χ4n) is 2.93. The minimum Gasteiger partial charge on any atom is -0.347 e. The summed E-state index contributed by atoms with van der Waals surface area (Å²) in [5.41, 5.74) is 0.279. The summed E-state index contributed by atoms with van der Waals surface area (Å²) in [5, 5.41) is 9.23. The number of carbonyl (C=O) groups excluding carboxylic acids is 3. The number of benzene rings is 1. The molecule has 0 unspecified atom stereocenters. The van der Waals surface area contributed by atoms with Crippen LogP contribution in [0, 0.1) is 11.6 Å². The minimum atomic E-state index is -1.02. The third-order valence-electron chi connectivity index (χ3n) is 4.59. The molecule has 2 amide bonds. The van der Waals surface area contributed by atoms with Crippen LogP contribution in [0.3, 0.4) is 0 Å². The molecule has 3 aromatic heterocycles. The number of nitrogens with one attached hydrogen (secondary N) is 2. The summed E-state index contributed by atoms with van der Waals surface area (Å²) in [6.07, 6.45) is 1.19. The molecule has 9 nitrogen and oxygen atoms in total. The molecule has 0 atom stereocenters. The van der Waals surface area contributed by atoms with Crippen molar-refractivity contribution < 1.29 is 23.2 Å². The van der Waals surface area contributed by atoms with E-state index in [-0.39, 0.29) is 36.0 Å². The summed E-state index contributed by atoms with van der Waals surface area (Å²) in [5.74, 6) is -3.20. The summed E-state index contributed by atoms with van der Waals surface area (Å²) >= 11 is 1.27. The predicted molar refractivity (Wildman–Crippen MR) is 114 cm³/mol. The zero-order valence-corrected chi connectivity index (χ0v) is 17.9. The Kier molecular flexibility index (Phi) is 6.18. The van der Waals surface area contributed by atoms with Gasteiger partial charge in [0.2, 0.25) is 0 Å². The molecule has 4 aromatic rings. The van der Waals surface area contributed by atoms with Crippen LogP contribution in [0.4, 0.5) is 8.78 Å². The number of hydrogen-bond acceptors (Lipinski definition) is 7. The molecule has 4 rings (SSSR count). The van der Waals surface area contributed by atoms with E-state index >= 15 is 0 Å². The zero-order valence-electron chi connectivity index (χ0n) is 17.1. The molecule has 168 valence electrons. The maximum absolute atomic E-state index is 13.4. The van der Waals surface area contributed by atoms with E-state index in [2.05, 4.69) is 25.7 Å². The minimum absolute atomic E-state index is 0.0267. The van der Waals surface area contributed by atoms with E-state index in [4.69, 9.17) is 0 Å². The number of carbonyl (C=O) groups is 3. The van der Waals surface area contributed by atoms with E-state index in [9.17, 15) is 23.2 Å². The van der Waals surface area contributed by atoms with Gasteiger partial charge in [0.05, 0.1) is 11.4 Å². The maximum Gasteiger partial charge on any atom is 0.270 e. The highest BCUT2D eigenvalue weighted by atomic mass is 32.1. The molecule has 3 heterocycles. The summed E-state index contributed by atoms with van der Waals surface area (Å²) in [4.78, 5) is 46.2. The van der Waals surface area contributed by atoms with Crippen molar-refractivity contribution in [1.29, 1.82) is 0 Å². The molecule has 0 aliphatic heterocycles. The topological polar surface area (TPSA) is 118 Å². The smallest absolute Gasteiger partial charge is 0.270 e. The van der Waals surface area contributed by atoms with Gasteiger partial charge in [-0.2, -0.15) is 14.6 Å². The van der Waals surface area contributed by atoms with Crippen LogP contribution in [0.2, 0.25) is 0 Å². The largest absolute Gasteiger partial charge is 0.347 e. The molecule has 0 saturated heterocycles. The Morgan fingerprint density at radius 2 is 1.79 bits per heavy atom. The summed E-state index contributed by atoms with van der Waals surface area (Å²) < 4.78 is 27.6. The van der Waals surface area contributed by atoms with Crippen molar-refractivity contribution in [2.75, 3.05) is 0 Å². The molecule has 33 heavy (non-hydrogen) atoms. The number of amides is 2. The fourth-order valence-corrected chi connectivity index (χ4v) is 3.78. The third-order valence-corrected chi connectivity index (χ3v) is 5.77. The first-order chi connectivity index (χ1) is 15.8. The zero-order chi connectivity index (χ0) is 23.5. The summed E-state index contributed by atoms with van der Waals surface area (Å²) in [7, 11) is 0. The lowest BCUT2D eigenvalue weighted by Crippen LogP contribution is -2.28. The molecule has 1 aromatic carbocycles. The number of rotatable bonds is 7. The molecule has 0 aliphatic carbocycles. The second kappa shape index (κ2) is 9.20. The number of hydrogen-bond donors (Lipinski definition) is 2. The Labute approximate surface area is 189 Å². The molecule has 0 bridgehead atoms. The van der Waals surface area contributed by atoms with Crippen LogP contribution < -0.4 is 10.6 Å². The van der Waals surface area contributed by atoms with Crippen LogP contribution in [0.1, 0.15) is 48.0 Å². The van der Waals surface area contributed by atoms with Crippen LogP contribution in [0.15, 0.2) is 42.7 Å². The lowest BCUT2D eigenvalue weighted by molar-refractivity contribution is 0.0941. The fraction of sp³-hybridized carbons (Fsp3) is 0.143. The van der Waals surface area contributed by atoms with Crippen molar-refractivity contribution in [3.8, 4) is 0 Å². The summed E-state index contributed by atoms with van der Waals surface area (Å²) in [6, 6.07) is 7.97. The van der Waals surface area contributed by atoms with Crippen molar-refractivity contribution in [1.82, 2.24) is 30.2 Å². The highest BCUT2D eigenvalue weighted by Gasteiger charge is 2.18. The van der Waals surface area contributed by atoms with Gasteiger partial charge in [0.1, 0.15) is 17.7 Å². The van der Waals surface area contributed by atoms with Crippen LogP contribution in [0.25, 0.3) is 5.78 Å². The highest BCUT2D eigenvalue weighted by molar-refractivity contribution is 7.14. The van der Waals surface area contributed by atoms with Gasteiger partial charge in [-0.25, -0.2) is 13.8 Å². The highest BCUT2D eigenvalue weighted by Crippen LogP contribution is 2.17. The quantitative estimate of drug-likeness (QED) is 0.401. The predicted octanol–water partition coefficient (Wildman–Crippen LogP) is 2.53. The van der Waals surface area contributed by atoms with Gasteiger partial charge in [0, 0.05) is 17.5 Å². The number of nitrogens with zero attached hydrogens (tertiary/aromatic N) is 4. The molecule has 2 N–H and O–H groups in total. The van der Waals surface area contributed by atoms with Gasteiger partial charge < -0.3 is 10.6 Å². The van der Waals surface area contributed by atoms with E-state index in [1.165, 1.54) is 41.2 Å². The van der Waals surface area contributed by atoms with Crippen molar-refractivity contribution in [2.24, 2.45) is 0 Å². The van der Waals surface area contributed by atoms with Crippen molar-refractivity contribution in [3.63, 3.8) is 0 Å². The maximum atomic E-state index is 13.4. The van der Waals surface area contributed by atoms with Gasteiger partial charge in [-0.15, -0.1) is 11.3 Å². The van der Waals surface area contributed by atoms with Gasteiger partial charge in [-0.05, 0) is 36.8 Å². The Balaban J connectivity index is 1.50. The molecular weight excluding hydrogens is 454 g/mol. The third kappa shape index (κ3) is 4.90. The Hall–Kier alpha value is -4.06. The lowest BCUT2D eigenvalue weighted by atomic mass is 10.2. The van der Waals surface area contributed by atoms with Crippen LogP contribution in [-0.2, 0) is 13.1 Å². The number of halogens is 2. The number of ketones is 1. The lowest BCUT2D eigenvalue weighted by Gasteiger charge is -2.09. The second-order valence-electron chi connectivity index (χ2n) is 6.93. The van der Waals surface area contributed by atoms with Crippen molar-refractivity contribution in [2.45, 2.75) is 20.0 Å². The van der Waals surface area contributed by atoms with E-state index in [1.807, 2.05) is 0 Å². The first-order valence-electron chi connectivity index (χ1n) is 9.62. The Morgan fingerprint density at radius 3 is 2.52 bits per heavy atom. The Bertz CT molecular complexity index is 1380. The number of aromatic nitrogens is 4. The Morgan fingerprint density at radius 1 is 1.00 bits per heavy atom.